The summed E-state index contributed by atoms with van der Waals surface area (Å²) in [6, 6.07) is 0. The Morgan fingerprint density at radius 3 is 2.60 bits per heavy atom. The Labute approximate surface area is 119 Å². The number of hydrogen-bond acceptors (Lipinski definition) is 3. The van der Waals surface area contributed by atoms with E-state index in [1.807, 2.05) is 11.8 Å². The molecule has 0 bridgehead atoms. The molecule has 3 atom stereocenters. The molecule has 0 saturated heterocycles. The molecule has 3 aliphatic rings. The topological polar surface area (TPSA) is 51.0 Å². The van der Waals surface area contributed by atoms with E-state index in [0.29, 0.717) is 12.5 Å². The highest BCUT2D eigenvalue weighted by Gasteiger charge is 2.41. The van der Waals surface area contributed by atoms with Crippen LogP contribution in [0, 0.1) is 24.7 Å². The standard InChI is InChI=1S/C15H22N4O/c1-10-16-17-14-9-18(6-7-19(10)14)15(20)11-2-4-12-8-13(12)5-3-11/h11-13H,2-9H2,1H3/t11?,12-,13+. The SMILES string of the molecule is Cc1nnc2n1CCN(C(=O)C1CC[C@@H]3C[C@@H]3CC1)C2. The number of aromatic nitrogens is 3. The van der Waals surface area contributed by atoms with Crippen molar-refractivity contribution < 1.29 is 4.79 Å². The Bertz CT molecular complexity index is 526. The molecule has 2 fully saturated rings. The molecule has 0 radical (unpaired) electrons. The highest BCUT2D eigenvalue weighted by molar-refractivity contribution is 5.79. The van der Waals surface area contributed by atoms with Gasteiger partial charge in [0.15, 0.2) is 5.82 Å². The first-order valence-corrected chi connectivity index (χ1v) is 7.90. The lowest BCUT2D eigenvalue weighted by Gasteiger charge is -2.30. The predicted molar refractivity (Wildman–Crippen MR) is 73.7 cm³/mol. The van der Waals surface area contributed by atoms with Gasteiger partial charge in [-0.25, -0.2) is 0 Å². The van der Waals surface area contributed by atoms with E-state index in [4.69, 9.17) is 0 Å². The van der Waals surface area contributed by atoms with Gasteiger partial charge in [-0.3, -0.25) is 4.79 Å². The van der Waals surface area contributed by atoms with Gasteiger partial charge in [0.05, 0.1) is 6.54 Å². The third-order valence-electron chi connectivity index (χ3n) is 5.44. The summed E-state index contributed by atoms with van der Waals surface area (Å²) in [5.41, 5.74) is 0. The smallest absolute Gasteiger partial charge is 0.226 e. The van der Waals surface area contributed by atoms with Crippen LogP contribution in [-0.2, 0) is 17.9 Å². The third kappa shape index (κ3) is 2.03. The van der Waals surface area contributed by atoms with Crippen LogP contribution < -0.4 is 0 Å². The van der Waals surface area contributed by atoms with E-state index in [0.717, 1.165) is 49.4 Å². The van der Waals surface area contributed by atoms with Crippen molar-refractivity contribution in [2.24, 2.45) is 17.8 Å². The number of hydrogen-bond donors (Lipinski definition) is 0. The van der Waals surface area contributed by atoms with Crippen molar-refractivity contribution in [1.29, 1.82) is 0 Å². The minimum atomic E-state index is 0.262. The monoisotopic (exact) mass is 274 g/mol. The summed E-state index contributed by atoms with van der Waals surface area (Å²) in [5, 5.41) is 8.30. The van der Waals surface area contributed by atoms with Crippen molar-refractivity contribution in [3.05, 3.63) is 11.6 Å². The molecule has 0 spiro atoms. The first kappa shape index (κ1) is 12.4. The number of rotatable bonds is 1. The van der Waals surface area contributed by atoms with Gasteiger partial charge in [0, 0.05) is 19.0 Å². The molecule has 1 unspecified atom stereocenters. The van der Waals surface area contributed by atoms with Crippen molar-refractivity contribution in [1.82, 2.24) is 19.7 Å². The molecule has 1 amide bonds. The second-order valence-electron chi connectivity index (χ2n) is 6.68. The second kappa shape index (κ2) is 4.57. The first-order valence-electron chi connectivity index (χ1n) is 7.90. The van der Waals surface area contributed by atoms with Crippen LogP contribution in [0.15, 0.2) is 0 Å². The van der Waals surface area contributed by atoms with Crippen LogP contribution in [0.3, 0.4) is 0 Å². The Hall–Kier alpha value is -1.39. The van der Waals surface area contributed by atoms with Crippen LogP contribution in [0.25, 0.3) is 0 Å². The van der Waals surface area contributed by atoms with Crippen LogP contribution in [0.2, 0.25) is 0 Å². The number of carbonyl (C=O) groups excluding carboxylic acids is 1. The normalized spacial score (nSPS) is 32.2. The van der Waals surface area contributed by atoms with Crippen molar-refractivity contribution >= 4 is 5.91 Å². The summed E-state index contributed by atoms with van der Waals surface area (Å²) >= 11 is 0. The summed E-state index contributed by atoms with van der Waals surface area (Å²) in [6.45, 7) is 4.28. The molecule has 0 aromatic carbocycles. The zero-order valence-electron chi connectivity index (χ0n) is 12.1. The van der Waals surface area contributed by atoms with Crippen LogP contribution in [0.5, 0.6) is 0 Å². The van der Waals surface area contributed by atoms with Crippen molar-refractivity contribution in [2.75, 3.05) is 6.54 Å². The molecule has 1 aromatic heterocycles. The average Bonchev–Trinajstić information content (AvgIpc) is 3.15. The van der Waals surface area contributed by atoms with E-state index in [1.54, 1.807) is 0 Å². The summed E-state index contributed by atoms with van der Waals surface area (Å²) in [5.74, 6) is 4.41. The molecule has 5 nitrogen and oxygen atoms in total. The van der Waals surface area contributed by atoms with Gasteiger partial charge in [-0.2, -0.15) is 0 Å². The lowest BCUT2D eigenvalue weighted by molar-refractivity contribution is -0.137. The fraction of sp³-hybridized carbons (Fsp3) is 0.800. The molecule has 0 N–H and O–H groups in total. The van der Waals surface area contributed by atoms with Crippen molar-refractivity contribution in [3.8, 4) is 0 Å². The number of fused-ring (bicyclic) bond motifs is 2. The minimum absolute atomic E-state index is 0.262. The molecule has 5 heteroatoms. The van der Waals surface area contributed by atoms with Gasteiger partial charge < -0.3 is 9.47 Å². The van der Waals surface area contributed by atoms with Gasteiger partial charge in [-0.05, 0) is 50.9 Å². The summed E-state index contributed by atoms with van der Waals surface area (Å²) in [6.07, 6.45) is 6.16. The Morgan fingerprint density at radius 1 is 1.10 bits per heavy atom. The van der Waals surface area contributed by atoms with Gasteiger partial charge in [0.25, 0.3) is 0 Å². The first-order chi connectivity index (χ1) is 9.72. The summed E-state index contributed by atoms with van der Waals surface area (Å²) in [7, 11) is 0. The highest BCUT2D eigenvalue weighted by atomic mass is 16.2. The van der Waals surface area contributed by atoms with E-state index in [9.17, 15) is 4.79 Å². The molecule has 2 saturated carbocycles. The van der Waals surface area contributed by atoms with Gasteiger partial charge in [-0.1, -0.05) is 0 Å². The maximum absolute atomic E-state index is 12.7. The van der Waals surface area contributed by atoms with Crippen LogP contribution in [0.4, 0.5) is 0 Å². The summed E-state index contributed by atoms with van der Waals surface area (Å²) < 4.78 is 2.13. The van der Waals surface area contributed by atoms with E-state index in [-0.39, 0.29) is 5.92 Å². The molecular weight excluding hydrogens is 252 g/mol. The Morgan fingerprint density at radius 2 is 1.85 bits per heavy atom. The number of aryl methyl sites for hydroxylation is 1. The van der Waals surface area contributed by atoms with Gasteiger partial charge in [-0.15, -0.1) is 10.2 Å². The second-order valence-corrected chi connectivity index (χ2v) is 6.68. The van der Waals surface area contributed by atoms with Crippen molar-refractivity contribution in [3.63, 3.8) is 0 Å². The zero-order valence-corrected chi connectivity index (χ0v) is 12.1. The fourth-order valence-corrected chi connectivity index (χ4v) is 3.99. The molecule has 2 aliphatic carbocycles. The van der Waals surface area contributed by atoms with E-state index < -0.39 is 0 Å². The molecule has 108 valence electrons. The van der Waals surface area contributed by atoms with Gasteiger partial charge in [0.2, 0.25) is 5.91 Å². The molecule has 20 heavy (non-hydrogen) atoms. The van der Waals surface area contributed by atoms with E-state index in [2.05, 4.69) is 14.8 Å². The van der Waals surface area contributed by atoms with Gasteiger partial charge >= 0.3 is 0 Å². The third-order valence-corrected chi connectivity index (χ3v) is 5.44. The van der Waals surface area contributed by atoms with Crippen LogP contribution in [-0.4, -0.2) is 32.1 Å². The van der Waals surface area contributed by atoms with E-state index in [1.165, 1.54) is 19.3 Å². The van der Waals surface area contributed by atoms with Gasteiger partial charge in [0.1, 0.15) is 5.82 Å². The predicted octanol–water partition coefficient (Wildman–Crippen LogP) is 1.76. The quantitative estimate of drug-likeness (QED) is 0.784. The zero-order chi connectivity index (χ0) is 13.7. The van der Waals surface area contributed by atoms with E-state index >= 15 is 0 Å². The van der Waals surface area contributed by atoms with Crippen LogP contribution in [0.1, 0.15) is 43.8 Å². The molecule has 2 heterocycles. The maximum atomic E-state index is 12.7. The lowest BCUT2D eigenvalue weighted by Crippen LogP contribution is -2.41. The molecular formula is C15H22N4O. The fourth-order valence-electron chi connectivity index (χ4n) is 3.99. The maximum Gasteiger partial charge on any atom is 0.226 e. The van der Waals surface area contributed by atoms with Crippen LogP contribution >= 0.6 is 0 Å². The largest absolute Gasteiger partial charge is 0.333 e. The molecule has 1 aliphatic heterocycles. The Balaban J connectivity index is 1.44. The molecule has 1 aromatic rings. The number of carbonyl (C=O) groups is 1. The average molecular weight is 274 g/mol. The number of nitrogens with zero attached hydrogens (tertiary/aromatic N) is 4. The Kier molecular flexibility index (Phi) is 2.82. The minimum Gasteiger partial charge on any atom is -0.333 e. The molecule has 4 rings (SSSR count). The summed E-state index contributed by atoms with van der Waals surface area (Å²) in [4.78, 5) is 14.7. The number of amides is 1. The lowest BCUT2D eigenvalue weighted by atomic mass is 9.96. The van der Waals surface area contributed by atoms with Crippen molar-refractivity contribution in [2.45, 2.75) is 52.1 Å². The highest BCUT2D eigenvalue weighted by Crippen LogP contribution is 2.49.